The maximum atomic E-state index is 12.1. The summed E-state index contributed by atoms with van der Waals surface area (Å²) in [4.78, 5) is 16.4. The molecule has 6 heteroatoms. The first-order valence-electron chi connectivity index (χ1n) is 7.90. The molecule has 1 aromatic rings. The molecule has 1 fully saturated rings. The van der Waals surface area contributed by atoms with Gasteiger partial charge in [-0.25, -0.2) is 0 Å². The lowest BCUT2D eigenvalue weighted by Crippen LogP contribution is -2.29. The summed E-state index contributed by atoms with van der Waals surface area (Å²) >= 11 is 0. The number of rotatable bonds is 6. The van der Waals surface area contributed by atoms with Gasteiger partial charge in [0, 0.05) is 44.8 Å². The molecule has 1 heterocycles. The monoisotopic (exact) mass is 361 g/mol. The molecule has 1 saturated heterocycles. The molecule has 1 aromatic carbocycles. The quantitative estimate of drug-likeness (QED) is 0.845. The summed E-state index contributed by atoms with van der Waals surface area (Å²) in [6.07, 6.45) is 3.80. The van der Waals surface area contributed by atoms with Crippen molar-refractivity contribution in [2.24, 2.45) is 5.73 Å². The van der Waals surface area contributed by atoms with Crippen molar-refractivity contribution in [2.45, 2.75) is 45.2 Å². The van der Waals surface area contributed by atoms with Crippen LogP contribution in [0.5, 0.6) is 0 Å². The van der Waals surface area contributed by atoms with Gasteiger partial charge in [-0.1, -0.05) is 18.2 Å². The molecular formula is C17H29Cl2N3O. The van der Waals surface area contributed by atoms with Gasteiger partial charge in [0.25, 0.3) is 0 Å². The van der Waals surface area contributed by atoms with Crippen LogP contribution in [0.4, 0.5) is 5.69 Å². The summed E-state index contributed by atoms with van der Waals surface area (Å²) in [5, 5.41) is 0. The number of nitrogens with zero attached hydrogens (tertiary/aromatic N) is 2. The summed E-state index contributed by atoms with van der Waals surface area (Å²) in [6, 6.07) is 8.51. The number of halogens is 2. The zero-order valence-corrected chi connectivity index (χ0v) is 15.7. The van der Waals surface area contributed by atoms with Crippen LogP contribution in [0.15, 0.2) is 24.3 Å². The molecule has 23 heavy (non-hydrogen) atoms. The zero-order valence-electron chi connectivity index (χ0n) is 14.0. The van der Waals surface area contributed by atoms with Gasteiger partial charge in [-0.15, -0.1) is 24.8 Å². The van der Waals surface area contributed by atoms with E-state index in [4.69, 9.17) is 5.73 Å². The van der Waals surface area contributed by atoms with Crippen LogP contribution < -0.4 is 10.6 Å². The van der Waals surface area contributed by atoms with Crippen molar-refractivity contribution in [3.8, 4) is 0 Å². The third-order valence-corrected chi connectivity index (χ3v) is 4.09. The molecule has 1 aliphatic heterocycles. The molecule has 1 unspecified atom stereocenters. The lowest BCUT2D eigenvalue weighted by atomic mass is 10.1. The van der Waals surface area contributed by atoms with Crippen molar-refractivity contribution in [3.63, 3.8) is 0 Å². The topological polar surface area (TPSA) is 49.6 Å². The van der Waals surface area contributed by atoms with Crippen molar-refractivity contribution in [2.75, 3.05) is 25.0 Å². The van der Waals surface area contributed by atoms with Gasteiger partial charge in [-0.3, -0.25) is 4.79 Å². The van der Waals surface area contributed by atoms with Gasteiger partial charge in [0.05, 0.1) is 0 Å². The molecule has 1 aliphatic rings. The Morgan fingerprint density at radius 2 is 1.87 bits per heavy atom. The van der Waals surface area contributed by atoms with E-state index in [0.29, 0.717) is 13.0 Å². The number of carbonyl (C=O) groups excluding carboxylic acids is 1. The van der Waals surface area contributed by atoms with Crippen LogP contribution in [0.1, 0.15) is 38.2 Å². The number of hydrogen-bond donors (Lipinski definition) is 1. The van der Waals surface area contributed by atoms with Gasteiger partial charge in [-0.2, -0.15) is 0 Å². The predicted octanol–water partition coefficient (Wildman–Crippen LogP) is 3.22. The summed E-state index contributed by atoms with van der Waals surface area (Å²) in [5.74, 6) is 0.170. The Hall–Kier alpha value is -0.970. The standard InChI is InChI=1S/C17H27N3O.2ClH/c1-14(18)9-10-17(21)19(2)13-15-7-3-4-8-16(15)20-11-5-6-12-20;;/h3-4,7-8,14H,5-6,9-13,18H2,1-2H3;2*1H. The fourth-order valence-corrected chi connectivity index (χ4v) is 2.80. The number of carbonyl (C=O) groups is 1. The van der Waals surface area contributed by atoms with Crippen LogP contribution in [0.2, 0.25) is 0 Å². The lowest BCUT2D eigenvalue weighted by Gasteiger charge is -2.24. The van der Waals surface area contributed by atoms with Gasteiger partial charge in [-0.05, 0) is 37.8 Å². The Bertz CT molecular complexity index is 477. The molecule has 2 N–H and O–H groups in total. The first-order chi connectivity index (χ1) is 10.1. The second-order valence-electron chi connectivity index (χ2n) is 6.09. The summed E-state index contributed by atoms with van der Waals surface area (Å²) in [5.41, 5.74) is 8.23. The maximum absolute atomic E-state index is 12.1. The highest BCUT2D eigenvalue weighted by Crippen LogP contribution is 2.25. The summed E-state index contributed by atoms with van der Waals surface area (Å²) < 4.78 is 0. The Morgan fingerprint density at radius 3 is 2.48 bits per heavy atom. The molecule has 0 radical (unpaired) electrons. The molecular weight excluding hydrogens is 333 g/mol. The molecule has 0 spiro atoms. The van der Waals surface area contributed by atoms with E-state index >= 15 is 0 Å². The van der Waals surface area contributed by atoms with E-state index in [1.807, 2.05) is 18.9 Å². The largest absolute Gasteiger partial charge is 0.371 e. The molecule has 0 bridgehead atoms. The van der Waals surface area contributed by atoms with Gasteiger partial charge < -0.3 is 15.5 Å². The van der Waals surface area contributed by atoms with E-state index < -0.39 is 0 Å². The Morgan fingerprint density at radius 1 is 1.26 bits per heavy atom. The van der Waals surface area contributed by atoms with E-state index in [1.54, 1.807) is 0 Å². The number of benzene rings is 1. The average molecular weight is 362 g/mol. The van der Waals surface area contributed by atoms with E-state index in [1.165, 1.54) is 24.1 Å². The molecule has 1 atom stereocenters. The number of amides is 1. The third kappa shape index (κ3) is 6.58. The van der Waals surface area contributed by atoms with Crippen molar-refractivity contribution in [3.05, 3.63) is 29.8 Å². The van der Waals surface area contributed by atoms with Crippen molar-refractivity contribution < 1.29 is 4.79 Å². The first-order valence-corrected chi connectivity index (χ1v) is 7.90. The fraction of sp³-hybridized carbons (Fsp3) is 0.588. The van der Waals surface area contributed by atoms with E-state index in [-0.39, 0.29) is 36.8 Å². The predicted molar refractivity (Wildman–Crippen MR) is 102 cm³/mol. The molecule has 0 saturated carbocycles. The van der Waals surface area contributed by atoms with Crippen LogP contribution in [0.25, 0.3) is 0 Å². The smallest absolute Gasteiger partial charge is 0.222 e. The highest BCUT2D eigenvalue weighted by atomic mass is 35.5. The molecule has 4 nitrogen and oxygen atoms in total. The van der Waals surface area contributed by atoms with Crippen LogP contribution in [0, 0.1) is 0 Å². The second kappa shape index (κ2) is 10.7. The highest BCUT2D eigenvalue weighted by molar-refractivity contribution is 5.85. The number of hydrogen-bond acceptors (Lipinski definition) is 3. The zero-order chi connectivity index (χ0) is 15.2. The van der Waals surface area contributed by atoms with Gasteiger partial charge >= 0.3 is 0 Å². The van der Waals surface area contributed by atoms with E-state index in [0.717, 1.165) is 19.5 Å². The average Bonchev–Trinajstić information content (AvgIpc) is 2.99. The summed E-state index contributed by atoms with van der Waals surface area (Å²) in [6.45, 7) is 4.86. The number of anilines is 1. The van der Waals surface area contributed by atoms with Crippen LogP contribution in [-0.2, 0) is 11.3 Å². The molecule has 0 aliphatic carbocycles. The first kappa shape index (κ1) is 22.0. The Kier molecular flexibility index (Phi) is 10.3. The second-order valence-corrected chi connectivity index (χ2v) is 6.09. The van der Waals surface area contributed by atoms with Crippen molar-refractivity contribution in [1.29, 1.82) is 0 Å². The van der Waals surface area contributed by atoms with Crippen LogP contribution in [-0.4, -0.2) is 37.0 Å². The van der Waals surface area contributed by atoms with Crippen molar-refractivity contribution >= 4 is 36.4 Å². The van der Waals surface area contributed by atoms with Gasteiger partial charge in [0.1, 0.15) is 0 Å². The minimum Gasteiger partial charge on any atom is -0.371 e. The molecule has 2 rings (SSSR count). The number of nitrogens with two attached hydrogens (primary N) is 1. The lowest BCUT2D eigenvalue weighted by molar-refractivity contribution is -0.130. The number of para-hydroxylation sites is 1. The van der Waals surface area contributed by atoms with Crippen molar-refractivity contribution in [1.82, 2.24) is 4.90 Å². The normalized spacial score (nSPS) is 14.7. The van der Waals surface area contributed by atoms with Crippen LogP contribution in [0.3, 0.4) is 0 Å². The summed E-state index contributed by atoms with van der Waals surface area (Å²) in [7, 11) is 1.88. The van der Waals surface area contributed by atoms with Crippen LogP contribution >= 0.6 is 24.8 Å². The minimum atomic E-state index is 0. The molecule has 1 amide bonds. The molecule has 0 aromatic heterocycles. The van der Waals surface area contributed by atoms with Gasteiger partial charge in [0.2, 0.25) is 5.91 Å². The fourth-order valence-electron chi connectivity index (χ4n) is 2.80. The van der Waals surface area contributed by atoms with E-state index in [2.05, 4.69) is 29.2 Å². The third-order valence-electron chi connectivity index (χ3n) is 4.09. The van der Waals surface area contributed by atoms with E-state index in [9.17, 15) is 4.79 Å². The highest BCUT2D eigenvalue weighted by Gasteiger charge is 2.17. The Balaban J connectivity index is 0.00000242. The molecule has 132 valence electrons. The minimum absolute atomic E-state index is 0. The van der Waals surface area contributed by atoms with Gasteiger partial charge in [0.15, 0.2) is 0 Å². The SMILES string of the molecule is CC(N)CCC(=O)N(C)Cc1ccccc1N1CCCC1.Cl.Cl. The maximum Gasteiger partial charge on any atom is 0.222 e. The Labute approximate surface area is 152 Å².